The van der Waals surface area contributed by atoms with E-state index < -0.39 is 32.3 Å². The first-order valence-corrected chi connectivity index (χ1v) is 42.4. The van der Waals surface area contributed by atoms with Gasteiger partial charge in [-0.3, -0.25) is 0 Å². The molecule has 0 spiro atoms. The monoisotopic (exact) mass is 1340 g/mol. The minimum Gasteiger partial charge on any atom is -0.208 e. The molecule has 0 fully saturated rings. The summed E-state index contributed by atoms with van der Waals surface area (Å²) in [6, 6.07) is 161. The van der Waals surface area contributed by atoms with Gasteiger partial charge in [-0.1, -0.05) is 431 Å². The molecule has 0 aliphatic rings. The predicted molar refractivity (Wildman–Crippen MR) is 431 cm³/mol. The van der Waals surface area contributed by atoms with Crippen molar-refractivity contribution in [1.29, 1.82) is 0 Å². The van der Waals surface area contributed by atoms with Crippen LogP contribution in [0.3, 0.4) is 0 Å². The molecule has 0 aliphatic heterocycles. The number of hydrogen-bond acceptors (Lipinski definition) is 3. The van der Waals surface area contributed by atoms with Crippen LogP contribution in [0.25, 0.3) is 34.2 Å². The Morgan fingerprint density at radius 3 is 0.460 bits per heavy atom. The standard InChI is InChI=1S/C93H71N3Si4/c1-13-41-75(42-14-1)97(76-43-15-2-16-44-76,77-45-17-3-18-46-77)87-65-37-39-72(67-87)91-94-92(73-40-38-66-88(68-73)98(78-47-19-4-20-48-78,79-49-21-5-22-50-79)80-51-23-6-24-52-80)96-93(95-91)74-69-89(99(81-53-25-7-26-54-81,82-55-27-8-28-56-82)83-57-29-9-30-58-83)71-90(70-74)100(84-59-31-10-32-60-84,85-61-33-11-34-62-85)86-63-35-12-36-64-86/h1-71H. The first-order valence-electron chi connectivity index (χ1n) is 34.4. The third-order valence-corrected chi connectivity index (χ3v) is 39.3. The molecular weight excluding hydrogens is 1270 g/mol. The topological polar surface area (TPSA) is 38.7 Å². The second-order valence-electron chi connectivity index (χ2n) is 25.7. The minimum atomic E-state index is -3.32. The molecule has 0 atom stereocenters. The zero-order chi connectivity index (χ0) is 67.0. The Labute approximate surface area is 590 Å². The Kier molecular flexibility index (Phi) is 17.6. The molecule has 15 aromatic carbocycles. The van der Waals surface area contributed by atoms with Crippen LogP contribution < -0.4 is 83.0 Å². The van der Waals surface area contributed by atoms with Gasteiger partial charge in [-0.15, -0.1) is 0 Å². The van der Waals surface area contributed by atoms with Crippen molar-refractivity contribution < 1.29 is 0 Å². The lowest BCUT2D eigenvalue weighted by Crippen LogP contribution is -2.78. The van der Waals surface area contributed by atoms with Crippen molar-refractivity contribution in [3.8, 4) is 34.2 Å². The zero-order valence-corrected chi connectivity index (χ0v) is 59.3. The van der Waals surface area contributed by atoms with E-state index in [0.717, 1.165) is 16.7 Å². The number of hydrogen-bond donors (Lipinski definition) is 0. The van der Waals surface area contributed by atoms with Gasteiger partial charge < -0.3 is 0 Å². The van der Waals surface area contributed by atoms with E-state index in [1.54, 1.807) is 0 Å². The summed E-state index contributed by atoms with van der Waals surface area (Å²) in [5.41, 5.74) is 2.71. The molecular formula is C93H71N3Si4. The first kappa shape index (κ1) is 63.0. The molecule has 0 saturated heterocycles. The van der Waals surface area contributed by atoms with E-state index in [9.17, 15) is 0 Å². The highest BCUT2D eigenvalue weighted by Crippen LogP contribution is 2.28. The van der Waals surface area contributed by atoms with Gasteiger partial charge >= 0.3 is 0 Å². The summed E-state index contributed by atoms with van der Waals surface area (Å²) < 4.78 is 0. The number of aromatic nitrogens is 3. The Bertz CT molecular complexity index is 4660. The molecule has 0 bridgehead atoms. The summed E-state index contributed by atoms with van der Waals surface area (Å²) in [6.45, 7) is 0. The molecule has 0 amide bonds. The van der Waals surface area contributed by atoms with Gasteiger partial charge in [0.05, 0.1) is 0 Å². The van der Waals surface area contributed by atoms with Crippen molar-refractivity contribution in [2.75, 3.05) is 0 Å². The van der Waals surface area contributed by atoms with Gasteiger partial charge in [0.25, 0.3) is 0 Å². The van der Waals surface area contributed by atoms with Crippen molar-refractivity contribution in [2.45, 2.75) is 0 Å². The van der Waals surface area contributed by atoms with E-state index in [0.29, 0.717) is 17.5 Å². The molecule has 0 unspecified atom stereocenters. The van der Waals surface area contributed by atoms with E-state index in [1.807, 2.05) is 0 Å². The average Bonchev–Trinajstić information content (AvgIpc) is 0.752. The van der Waals surface area contributed by atoms with Crippen LogP contribution in [0.5, 0.6) is 0 Å². The summed E-state index contributed by atoms with van der Waals surface area (Å²) in [7, 11) is -12.7. The lowest BCUT2D eigenvalue weighted by atomic mass is 10.1. The molecule has 7 heteroatoms. The maximum Gasteiger partial charge on any atom is 0.179 e. The SMILES string of the molecule is c1ccc([Si](c2ccccc2)(c2ccccc2)c2cccc(-c3nc(-c4cccc([Si](c5ccccc5)(c5ccccc5)c5ccccc5)c4)nc(-c4cc([Si](c5ccccc5)(c5ccccc5)c5ccccc5)cc([Si](c5ccccc5)(c5ccccc5)c5ccccc5)c4)n3)c2)cc1. The van der Waals surface area contributed by atoms with Crippen LogP contribution in [-0.4, -0.2) is 47.2 Å². The zero-order valence-electron chi connectivity index (χ0n) is 55.3. The summed E-state index contributed by atoms with van der Waals surface area (Å²) in [5, 5.41) is 20.3. The van der Waals surface area contributed by atoms with E-state index in [4.69, 9.17) is 15.0 Å². The van der Waals surface area contributed by atoms with Crippen molar-refractivity contribution in [2.24, 2.45) is 0 Å². The van der Waals surface area contributed by atoms with Crippen LogP contribution in [0.2, 0.25) is 0 Å². The largest absolute Gasteiger partial charge is 0.208 e. The van der Waals surface area contributed by atoms with Gasteiger partial charge in [0.2, 0.25) is 0 Å². The van der Waals surface area contributed by atoms with Crippen LogP contribution in [0, 0.1) is 0 Å². The van der Waals surface area contributed by atoms with Gasteiger partial charge in [0, 0.05) is 16.7 Å². The van der Waals surface area contributed by atoms with E-state index in [1.165, 1.54) is 83.0 Å². The Balaban J connectivity index is 1.04. The van der Waals surface area contributed by atoms with Crippen LogP contribution in [0.15, 0.2) is 431 Å². The average molecular weight is 1340 g/mol. The highest BCUT2D eigenvalue weighted by molar-refractivity contribution is 7.23. The predicted octanol–water partition coefficient (Wildman–Crippen LogP) is 10.4. The van der Waals surface area contributed by atoms with Crippen molar-refractivity contribution in [3.05, 3.63) is 431 Å². The van der Waals surface area contributed by atoms with Gasteiger partial charge in [0.1, 0.15) is 0 Å². The van der Waals surface area contributed by atoms with E-state index in [2.05, 4.69) is 431 Å². The van der Waals surface area contributed by atoms with Crippen LogP contribution in [-0.2, 0) is 0 Å². The maximum absolute atomic E-state index is 5.97. The van der Waals surface area contributed by atoms with Crippen LogP contribution in [0.4, 0.5) is 0 Å². The second-order valence-corrected chi connectivity index (χ2v) is 40.9. The Morgan fingerprint density at radius 2 is 0.270 bits per heavy atom. The molecule has 0 radical (unpaired) electrons. The number of rotatable bonds is 19. The van der Waals surface area contributed by atoms with Crippen molar-refractivity contribution in [1.82, 2.24) is 15.0 Å². The summed E-state index contributed by atoms with van der Waals surface area (Å²) in [5.74, 6) is 1.76. The second kappa shape index (κ2) is 28.0. The van der Waals surface area contributed by atoms with E-state index in [-0.39, 0.29) is 0 Å². The number of nitrogens with zero attached hydrogens (tertiary/aromatic N) is 3. The Morgan fingerprint density at radius 1 is 0.120 bits per heavy atom. The molecule has 0 saturated carbocycles. The maximum atomic E-state index is 5.97. The third kappa shape index (κ3) is 11.2. The molecule has 1 heterocycles. The third-order valence-electron chi connectivity index (χ3n) is 20.3. The van der Waals surface area contributed by atoms with Gasteiger partial charge in [0.15, 0.2) is 49.8 Å². The molecule has 1 aromatic heterocycles. The Hall–Kier alpha value is -11.8. The van der Waals surface area contributed by atoms with Crippen molar-refractivity contribution >= 4 is 115 Å². The lowest BCUT2D eigenvalue weighted by molar-refractivity contribution is 1.08. The van der Waals surface area contributed by atoms with Gasteiger partial charge in [-0.2, -0.15) is 0 Å². The normalized spacial score (nSPS) is 11.8. The van der Waals surface area contributed by atoms with E-state index >= 15 is 0 Å². The highest BCUT2D eigenvalue weighted by atomic mass is 28.3. The quantitative estimate of drug-likeness (QED) is 0.0598. The highest BCUT2D eigenvalue weighted by Gasteiger charge is 2.47. The van der Waals surface area contributed by atoms with Crippen LogP contribution in [0.1, 0.15) is 0 Å². The fourth-order valence-corrected chi connectivity index (χ4v) is 35.4. The minimum absolute atomic E-state index is 0.587. The lowest BCUT2D eigenvalue weighted by Gasteiger charge is -2.38. The summed E-state index contributed by atoms with van der Waals surface area (Å²) >= 11 is 0. The molecule has 3 nitrogen and oxygen atoms in total. The molecule has 16 rings (SSSR count). The van der Waals surface area contributed by atoms with Crippen LogP contribution >= 0.6 is 0 Å². The molecule has 16 aromatic rings. The smallest absolute Gasteiger partial charge is 0.179 e. The first-order chi connectivity index (χ1) is 49.6. The molecule has 100 heavy (non-hydrogen) atoms. The molecule has 0 N–H and O–H groups in total. The van der Waals surface area contributed by atoms with Gasteiger partial charge in [-0.25, -0.2) is 15.0 Å². The summed E-state index contributed by atoms with van der Waals surface area (Å²) in [6.07, 6.45) is 0. The molecule has 474 valence electrons. The molecule has 0 aliphatic carbocycles. The fraction of sp³-hybridized carbons (Fsp3) is 0. The summed E-state index contributed by atoms with van der Waals surface area (Å²) in [4.78, 5) is 17.8. The number of benzene rings is 15. The van der Waals surface area contributed by atoms with Crippen molar-refractivity contribution in [3.63, 3.8) is 0 Å². The van der Waals surface area contributed by atoms with Gasteiger partial charge in [-0.05, 0) is 83.0 Å². The fourth-order valence-electron chi connectivity index (χ4n) is 16.0.